The fourth-order valence-electron chi connectivity index (χ4n) is 1.89. The molecule has 110 valence electrons. The minimum Gasteiger partial charge on any atom is -0.478 e. The van der Waals surface area contributed by atoms with E-state index in [9.17, 15) is 20.1 Å². The van der Waals surface area contributed by atoms with Crippen LogP contribution in [0.3, 0.4) is 0 Å². The normalized spacial score (nSPS) is 17.6. The summed E-state index contributed by atoms with van der Waals surface area (Å²) in [5.74, 6) is -1.68. The van der Waals surface area contributed by atoms with Gasteiger partial charge in [0.2, 0.25) is 0 Å². The Morgan fingerprint density at radius 2 is 1.80 bits per heavy atom. The maximum atomic E-state index is 10.3. The molecule has 1 aromatic carbocycles. The van der Waals surface area contributed by atoms with Gasteiger partial charge in [-0.25, -0.2) is 4.79 Å². The summed E-state index contributed by atoms with van der Waals surface area (Å²) < 4.78 is 0. The molecule has 0 bridgehead atoms. The summed E-state index contributed by atoms with van der Waals surface area (Å²) in [5, 5.41) is 38.5. The van der Waals surface area contributed by atoms with Crippen molar-refractivity contribution < 1.29 is 25.2 Å². The molecular formula is C15H20O5. The quantitative estimate of drug-likeness (QED) is 0.561. The largest absolute Gasteiger partial charge is 0.478 e. The van der Waals surface area contributed by atoms with E-state index in [0.29, 0.717) is 5.56 Å². The summed E-state index contributed by atoms with van der Waals surface area (Å²) in [6, 6.07) is 8.69. The molecule has 5 heteroatoms. The van der Waals surface area contributed by atoms with E-state index in [1.54, 1.807) is 37.3 Å². The van der Waals surface area contributed by atoms with Gasteiger partial charge in [-0.15, -0.1) is 0 Å². The lowest BCUT2D eigenvalue weighted by Gasteiger charge is -2.27. The molecule has 1 rings (SSSR count). The Morgan fingerprint density at radius 1 is 1.20 bits per heavy atom. The van der Waals surface area contributed by atoms with Crippen LogP contribution in [0.25, 0.3) is 0 Å². The first-order valence-electron chi connectivity index (χ1n) is 6.42. The van der Waals surface area contributed by atoms with Gasteiger partial charge in [0.15, 0.2) is 0 Å². The third kappa shape index (κ3) is 4.77. The molecular weight excluding hydrogens is 260 g/mol. The fraction of sp³-hybridized carbons (Fsp3) is 0.400. The number of aliphatic hydroxyl groups excluding tert-OH is 3. The highest BCUT2D eigenvalue weighted by Gasteiger charge is 2.28. The Kier molecular flexibility index (Phi) is 6.38. The Hall–Kier alpha value is -1.69. The second kappa shape index (κ2) is 7.79. The molecule has 0 saturated heterocycles. The average Bonchev–Trinajstić information content (AvgIpc) is 2.45. The summed E-state index contributed by atoms with van der Waals surface area (Å²) in [6.45, 7) is 1.61. The molecule has 0 aliphatic rings. The molecule has 0 aliphatic carbocycles. The van der Waals surface area contributed by atoms with Gasteiger partial charge in [-0.1, -0.05) is 43.3 Å². The number of aliphatic hydroxyl groups is 3. The predicted octanol–water partition coefficient (Wildman–Crippen LogP) is 1.11. The van der Waals surface area contributed by atoms with E-state index in [1.165, 1.54) is 6.08 Å². The molecule has 0 heterocycles. The summed E-state index contributed by atoms with van der Waals surface area (Å²) in [5.41, 5.74) is 0.570. The SMILES string of the molecule is CC(C(O)C/C=C/C(=O)O)C(O)C(O)c1ccccc1. The van der Waals surface area contributed by atoms with Crippen molar-refractivity contribution in [1.82, 2.24) is 0 Å². The molecule has 4 N–H and O–H groups in total. The van der Waals surface area contributed by atoms with Crippen molar-refractivity contribution >= 4 is 5.97 Å². The van der Waals surface area contributed by atoms with Crippen LogP contribution in [0, 0.1) is 5.92 Å². The molecule has 0 radical (unpaired) electrons. The molecule has 0 amide bonds. The van der Waals surface area contributed by atoms with Crippen LogP contribution in [0.5, 0.6) is 0 Å². The maximum Gasteiger partial charge on any atom is 0.327 e. The van der Waals surface area contributed by atoms with Crippen LogP contribution < -0.4 is 0 Å². The van der Waals surface area contributed by atoms with Gasteiger partial charge in [0.05, 0.1) is 12.2 Å². The molecule has 4 atom stereocenters. The highest BCUT2D eigenvalue weighted by Crippen LogP contribution is 2.24. The Bertz CT molecular complexity index is 443. The second-order valence-corrected chi connectivity index (χ2v) is 4.75. The van der Waals surface area contributed by atoms with Crippen LogP contribution in [0.2, 0.25) is 0 Å². The molecule has 0 saturated carbocycles. The van der Waals surface area contributed by atoms with Crippen LogP contribution >= 0.6 is 0 Å². The number of rotatable bonds is 7. The van der Waals surface area contributed by atoms with Gasteiger partial charge in [-0.2, -0.15) is 0 Å². The molecule has 20 heavy (non-hydrogen) atoms. The van der Waals surface area contributed by atoms with Crippen molar-refractivity contribution in [3.8, 4) is 0 Å². The number of carboxylic acid groups (broad SMARTS) is 1. The number of benzene rings is 1. The lowest BCUT2D eigenvalue weighted by atomic mass is 9.89. The van der Waals surface area contributed by atoms with Gasteiger partial charge in [0.25, 0.3) is 0 Å². The van der Waals surface area contributed by atoms with Crippen LogP contribution in [0.15, 0.2) is 42.5 Å². The molecule has 4 unspecified atom stereocenters. The molecule has 0 aliphatic heterocycles. The summed E-state index contributed by atoms with van der Waals surface area (Å²) >= 11 is 0. The Labute approximate surface area is 117 Å². The van der Waals surface area contributed by atoms with Crippen molar-refractivity contribution in [2.24, 2.45) is 5.92 Å². The van der Waals surface area contributed by atoms with E-state index in [4.69, 9.17) is 5.11 Å². The van der Waals surface area contributed by atoms with Crippen molar-refractivity contribution in [2.75, 3.05) is 0 Å². The van der Waals surface area contributed by atoms with E-state index in [2.05, 4.69) is 0 Å². The smallest absolute Gasteiger partial charge is 0.327 e. The van der Waals surface area contributed by atoms with Crippen LogP contribution in [-0.4, -0.2) is 38.6 Å². The second-order valence-electron chi connectivity index (χ2n) is 4.75. The van der Waals surface area contributed by atoms with Gasteiger partial charge in [-0.05, 0) is 12.0 Å². The van der Waals surface area contributed by atoms with Crippen LogP contribution in [-0.2, 0) is 4.79 Å². The summed E-state index contributed by atoms with van der Waals surface area (Å²) in [4.78, 5) is 10.3. The van der Waals surface area contributed by atoms with E-state index < -0.39 is 30.2 Å². The third-order valence-corrected chi connectivity index (χ3v) is 3.25. The van der Waals surface area contributed by atoms with Gasteiger partial charge < -0.3 is 20.4 Å². The zero-order valence-corrected chi connectivity index (χ0v) is 11.3. The average molecular weight is 280 g/mol. The van der Waals surface area contributed by atoms with Crippen molar-refractivity contribution in [2.45, 2.75) is 31.7 Å². The first kappa shape index (κ1) is 16.4. The van der Waals surface area contributed by atoms with Crippen molar-refractivity contribution in [3.63, 3.8) is 0 Å². The first-order chi connectivity index (χ1) is 9.43. The number of carbonyl (C=O) groups is 1. The van der Waals surface area contributed by atoms with E-state index >= 15 is 0 Å². The predicted molar refractivity (Wildman–Crippen MR) is 74.0 cm³/mol. The molecule has 0 aromatic heterocycles. The maximum absolute atomic E-state index is 10.3. The summed E-state index contributed by atoms with van der Waals surface area (Å²) in [6.07, 6.45) is -0.790. The third-order valence-electron chi connectivity index (χ3n) is 3.25. The molecule has 1 aromatic rings. The minimum absolute atomic E-state index is 0.103. The lowest BCUT2D eigenvalue weighted by molar-refractivity contribution is -0.131. The molecule has 0 fully saturated rings. The van der Waals surface area contributed by atoms with Gasteiger partial charge in [-0.3, -0.25) is 0 Å². The van der Waals surface area contributed by atoms with Gasteiger partial charge >= 0.3 is 5.97 Å². The zero-order valence-electron chi connectivity index (χ0n) is 11.3. The molecule has 0 spiro atoms. The van der Waals surface area contributed by atoms with Crippen molar-refractivity contribution in [3.05, 3.63) is 48.0 Å². The zero-order chi connectivity index (χ0) is 15.1. The highest BCUT2D eigenvalue weighted by molar-refractivity contribution is 5.79. The number of carboxylic acids is 1. The summed E-state index contributed by atoms with van der Waals surface area (Å²) in [7, 11) is 0. The Balaban J connectivity index is 2.61. The fourth-order valence-corrected chi connectivity index (χ4v) is 1.89. The lowest BCUT2D eigenvalue weighted by Crippen LogP contribution is -2.33. The highest BCUT2D eigenvalue weighted by atomic mass is 16.4. The van der Waals surface area contributed by atoms with E-state index in [0.717, 1.165) is 6.08 Å². The number of aliphatic carboxylic acids is 1. The Morgan fingerprint density at radius 3 is 2.35 bits per heavy atom. The topological polar surface area (TPSA) is 98.0 Å². The monoisotopic (exact) mass is 280 g/mol. The standard InChI is InChI=1S/C15H20O5/c1-10(12(16)8-5-9-13(17)18)14(19)15(20)11-6-3-2-4-7-11/h2-7,9-10,12,14-16,19-20H,8H2,1H3,(H,17,18)/b9-5+. The van der Waals surface area contributed by atoms with Crippen molar-refractivity contribution in [1.29, 1.82) is 0 Å². The van der Waals surface area contributed by atoms with E-state index in [1.807, 2.05) is 0 Å². The van der Waals surface area contributed by atoms with Crippen LogP contribution in [0.4, 0.5) is 0 Å². The van der Waals surface area contributed by atoms with Gasteiger partial charge in [0, 0.05) is 12.0 Å². The van der Waals surface area contributed by atoms with Gasteiger partial charge in [0.1, 0.15) is 6.10 Å². The van der Waals surface area contributed by atoms with Crippen LogP contribution in [0.1, 0.15) is 25.0 Å². The molecule has 5 nitrogen and oxygen atoms in total. The number of hydrogen-bond donors (Lipinski definition) is 4. The first-order valence-corrected chi connectivity index (χ1v) is 6.42. The minimum atomic E-state index is -1.13. The van der Waals surface area contributed by atoms with E-state index in [-0.39, 0.29) is 6.42 Å². The number of hydrogen-bond acceptors (Lipinski definition) is 4.